The number of aromatic nitrogens is 2. The molecule has 0 bridgehead atoms. The molecule has 1 atom stereocenters. The van der Waals surface area contributed by atoms with Crippen molar-refractivity contribution in [2.24, 2.45) is 0 Å². The summed E-state index contributed by atoms with van der Waals surface area (Å²) in [5.41, 5.74) is 3.15. The molecule has 2 amide bonds. The fourth-order valence-corrected chi connectivity index (χ4v) is 3.77. The summed E-state index contributed by atoms with van der Waals surface area (Å²) in [7, 11) is 0. The van der Waals surface area contributed by atoms with Crippen LogP contribution in [0.25, 0.3) is 11.1 Å². The Morgan fingerprint density at radius 2 is 1.85 bits per heavy atom. The second kappa shape index (κ2) is 15.3. The van der Waals surface area contributed by atoms with Gasteiger partial charge in [0.15, 0.2) is 0 Å². The van der Waals surface area contributed by atoms with Crippen LogP contribution in [0.2, 0.25) is 0 Å². The van der Waals surface area contributed by atoms with Gasteiger partial charge in [0.2, 0.25) is 12.2 Å². The van der Waals surface area contributed by atoms with Crippen molar-refractivity contribution in [1.29, 1.82) is 0 Å². The van der Waals surface area contributed by atoms with Gasteiger partial charge in [-0.1, -0.05) is 30.3 Å². The molecule has 0 saturated carbocycles. The second-order valence-electron chi connectivity index (χ2n) is 8.06. The molecule has 3 aromatic rings. The number of hydrogen-bond donors (Lipinski definition) is 4. The molecular formula is C26H27F3N4O5S. The molecular weight excluding hydrogens is 537 g/mol. The largest absolute Gasteiger partial charge is 0.480 e. The third kappa shape index (κ3) is 11.0. The highest BCUT2D eigenvalue weighted by Crippen LogP contribution is 2.27. The Hall–Kier alpha value is -4.13. The Balaban J connectivity index is 0.000000798. The Morgan fingerprint density at radius 1 is 1.15 bits per heavy atom. The van der Waals surface area contributed by atoms with E-state index in [1.165, 1.54) is 11.8 Å². The lowest BCUT2D eigenvalue weighted by molar-refractivity contribution is -0.156. The zero-order valence-corrected chi connectivity index (χ0v) is 21.6. The molecule has 13 heteroatoms. The lowest BCUT2D eigenvalue weighted by Gasteiger charge is -2.17. The van der Waals surface area contributed by atoms with E-state index < -0.39 is 30.4 Å². The number of nitrogens with zero attached hydrogens (tertiary/aromatic N) is 1. The molecule has 1 heterocycles. The summed E-state index contributed by atoms with van der Waals surface area (Å²) >= 11 is 1.52. The van der Waals surface area contributed by atoms with Crippen molar-refractivity contribution < 1.29 is 37.5 Å². The number of H-pyrrole nitrogens is 1. The van der Waals surface area contributed by atoms with Crippen molar-refractivity contribution in [3.63, 3.8) is 0 Å². The van der Waals surface area contributed by atoms with Gasteiger partial charge in [0.05, 0.1) is 6.33 Å². The monoisotopic (exact) mass is 564 g/mol. The van der Waals surface area contributed by atoms with Crippen molar-refractivity contribution in [1.82, 2.24) is 15.3 Å². The Bertz CT molecular complexity index is 1240. The molecule has 0 aliphatic carbocycles. The average Bonchev–Trinajstić information content (AvgIpc) is 3.44. The Kier molecular flexibility index (Phi) is 12.2. The van der Waals surface area contributed by atoms with Crippen LogP contribution in [0.4, 0.5) is 18.9 Å². The van der Waals surface area contributed by atoms with E-state index >= 15 is 0 Å². The third-order valence-electron chi connectivity index (χ3n) is 5.16. The standard InChI is InChI=1S/C24H26N4O4S.C2HF3O/c1-33-12-11-21(24(31)32)28-23(30)19-9-7-17(13-20(19)16-5-3-2-4-6-16)27-22(29)10-8-18-14-25-15-26-18;3-2(4,5)1-6/h2-7,9,13-15,21H,8,10-12H2,1H3,(H,25,26)(H,27,29)(H,28,30)(H,31,32);1H/t21-;/m0./s1. The van der Waals surface area contributed by atoms with E-state index in [0.29, 0.717) is 35.4 Å². The maximum Gasteiger partial charge on any atom is 0.446 e. The van der Waals surface area contributed by atoms with Crippen molar-refractivity contribution in [2.75, 3.05) is 17.3 Å². The van der Waals surface area contributed by atoms with Crippen LogP contribution in [0.5, 0.6) is 0 Å². The summed E-state index contributed by atoms with van der Waals surface area (Å²) in [6.45, 7) is 0. The zero-order valence-electron chi connectivity index (χ0n) is 20.8. The molecule has 0 radical (unpaired) electrons. The predicted octanol–water partition coefficient (Wildman–Crippen LogP) is 4.33. The Morgan fingerprint density at radius 3 is 2.41 bits per heavy atom. The molecule has 9 nitrogen and oxygen atoms in total. The first kappa shape index (κ1) is 31.1. The van der Waals surface area contributed by atoms with Gasteiger partial charge in [-0.05, 0) is 54.2 Å². The highest BCUT2D eigenvalue weighted by atomic mass is 32.2. The number of carbonyl (C=O) groups excluding carboxylic acids is 3. The van der Waals surface area contributed by atoms with Crippen molar-refractivity contribution in [2.45, 2.75) is 31.5 Å². The number of amides is 2. The molecule has 3 rings (SSSR count). The number of hydrogen-bond acceptors (Lipinski definition) is 6. The fourth-order valence-electron chi connectivity index (χ4n) is 3.30. The van der Waals surface area contributed by atoms with Gasteiger partial charge in [-0.25, -0.2) is 9.78 Å². The number of aryl methyl sites for hydroxylation is 1. The van der Waals surface area contributed by atoms with Crippen LogP contribution in [0, 0.1) is 0 Å². The molecule has 4 N–H and O–H groups in total. The van der Waals surface area contributed by atoms with Crippen LogP contribution in [0.1, 0.15) is 28.9 Å². The first-order valence-corrected chi connectivity index (χ1v) is 13.0. The minimum atomic E-state index is -4.64. The normalized spacial score (nSPS) is 11.5. The maximum atomic E-state index is 13.0. The van der Waals surface area contributed by atoms with Gasteiger partial charge in [0.25, 0.3) is 5.91 Å². The van der Waals surface area contributed by atoms with Gasteiger partial charge in [0, 0.05) is 29.6 Å². The minimum absolute atomic E-state index is 0.163. The lowest BCUT2D eigenvalue weighted by Crippen LogP contribution is -2.41. The number of rotatable bonds is 11. The summed E-state index contributed by atoms with van der Waals surface area (Å²) in [6.07, 6.45) is 0.568. The molecule has 0 unspecified atom stereocenters. The zero-order chi connectivity index (χ0) is 28.8. The number of carbonyl (C=O) groups is 4. The number of benzene rings is 2. The molecule has 39 heavy (non-hydrogen) atoms. The van der Waals surface area contributed by atoms with E-state index in [1.807, 2.05) is 36.6 Å². The molecule has 208 valence electrons. The number of carboxylic acids is 1. The minimum Gasteiger partial charge on any atom is -0.480 e. The average molecular weight is 565 g/mol. The summed E-state index contributed by atoms with van der Waals surface area (Å²) in [6, 6.07) is 13.3. The van der Waals surface area contributed by atoms with Crippen molar-refractivity contribution >= 4 is 41.5 Å². The fraction of sp³-hybridized carbons (Fsp3) is 0.269. The van der Waals surface area contributed by atoms with Crippen LogP contribution < -0.4 is 10.6 Å². The number of carboxylic acid groups (broad SMARTS) is 1. The molecule has 0 aliphatic heterocycles. The van der Waals surface area contributed by atoms with Crippen LogP contribution in [0.15, 0.2) is 61.1 Å². The van der Waals surface area contributed by atoms with Gasteiger partial charge in [-0.3, -0.25) is 14.4 Å². The number of aliphatic carboxylic acids is 1. The first-order valence-electron chi connectivity index (χ1n) is 11.6. The quantitative estimate of drug-likeness (QED) is 0.254. The predicted molar refractivity (Wildman–Crippen MR) is 141 cm³/mol. The van der Waals surface area contributed by atoms with Gasteiger partial charge >= 0.3 is 12.1 Å². The number of aromatic amines is 1. The van der Waals surface area contributed by atoms with Gasteiger partial charge in [-0.15, -0.1) is 0 Å². The number of anilines is 1. The van der Waals surface area contributed by atoms with E-state index in [4.69, 9.17) is 4.79 Å². The van der Waals surface area contributed by atoms with E-state index in [2.05, 4.69) is 20.6 Å². The smallest absolute Gasteiger partial charge is 0.446 e. The van der Waals surface area contributed by atoms with Gasteiger partial charge in [-0.2, -0.15) is 24.9 Å². The lowest BCUT2D eigenvalue weighted by atomic mass is 9.98. The SMILES string of the molecule is CSCC[C@H](NC(=O)c1ccc(NC(=O)CCc2cnc[nH]2)cc1-c1ccccc1)C(=O)O.O=CC(F)(F)F. The molecule has 2 aromatic carbocycles. The molecule has 0 aliphatic rings. The summed E-state index contributed by atoms with van der Waals surface area (Å²) in [5.74, 6) is -1.09. The first-order chi connectivity index (χ1) is 18.5. The number of nitrogens with one attached hydrogen (secondary N) is 3. The van der Waals surface area contributed by atoms with E-state index in [1.54, 1.807) is 30.7 Å². The third-order valence-corrected chi connectivity index (χ3v) is 5.80. The molecule has 0 fully saturated rings. The van der Waals surface area contributed by atoms with E-state index in [0.717, 1.165) is 11.3 Å². The number of alkyl halides is 3. The second-order valence-corrected chi connectivity index (χ2v) is 9.04. The highest BCUT2D eigenvalue weighted by Gasteiger charge is 2.25. The topological polar surface area (TPSA) is 141 Å². The molecule has 0 saturated heterocycles. The van der Waals surface area contributed by atoms with E-state index in [-0.39, 0.29) is 12.3 Å². The van der Waals surface area contributed by atoms with Crippen LogP contribution >= 0.6 is 11.8 Å². The van der Waals surface area contributed by atoms with Gasteiger partial charge < -0.3 is 20.7 Å². The van der Waals surface area contributed by atoms with Crippen LogP contribution in [-0.4, -0.2) is 63.4 Å². The number of imidazole rings is 1. The van der Waals surface area contributed by atoms with Crippen LogP contribution in [0.3, 0.4) is 0 Å². The summed E-state index contributed by atoms with van der Waals surface area (Å²) in [5, 5.41) is 15.0. The number of halogens is 3. The molecule has 1 aromatic heterocycles. The van der Waals surface area contributed by atoms with Gasteiger partial charge in [0.1, 0.15) is 6.04 Å². The number of aldehydes is 1. The maximum absolute atomic E-state index is 13.0. The summed E-state index contributed by atoms with van der Waals surface area (Å²) < 4.78 is 31.2. The van der Waals surface area contributed by atoms with Crippen molar-refractivity contribution in [3.05, 3.63) is 72.3 Å². The highest BCUT2D eigenvalue weighted by molar-refractivity contribution is 7.98. The van der Waals surface area contributed by atoms with E-state index in [9.17, 15) is 32.7 Å². The van der Waals surface area contributed by atoms with Crippen LogP contribution in [-0.2, 0) is 20.8 Å². The summed E-state index contributed by atoms with van der Waals surface area (Å²) in [4.78, 5) is 52.6. The number of thioether (sulfide) groups is 1. The van der Waals surface area contributed by atoms with Crippen molar-refractivity contribution in [3.8, 4) is 11.1 Å². The Labute approximate surface area is 226 Å². The molecule has 0 spiro atoms.